The molecule has 1 N–H and O–H groups in total. The first-order chi connectivity index (χ1) is 12.6. The van der Waals surface area contributed by atoms with Crippen LogP contribution in [0.15, 0.2) is 54.6 Å². The Morgan fingerprint density at radius 3 is 2.35 bits per heavy atom. The lowest BCUT2D eigenvalue weighted by Gasteiger charge is -2.51. The summed E-state index contributed by atoms with van der Waals surface area (Å²) in [6.45, 7) is 2.01. The van der Waals surface area contributed by atoms with Gasteiger partial charge in [0, 0.05) is 5.56 Å². The molecule has 1 heterocycles. The number of rotatable bonds is 3. The Bertz CT molecular complexity index is 839. The highest BCUT2D eigenvalue weighted by atomic mass is 16.4. The molecule has 1 aliphatic carbocycles. The summed E-state index contributed by atoms with van der Waals surface area (Å²) in [6, 6.07) is 17.0. The molecular weight excluding hydrogens is 326 g/mol. The van der Waals surface area contributed by atoms with E-state index in [0.29, 0.717) is 11.1 Å². The zero-order chi connectivity index (χ0) is 18.3. The van der Waals surface area contributed by atoms with Gasteiger partial charge in [0.15, 0.2) is 0 Å². The predicted octanol–water partition coefficient (Wildman–Crippen LogP) is 4.38. The van der Waals surface area contributed by atoms with Crippen molar-refractivity contribution < 1.29 is 14.7 Å². The Morgan fingerprint density at radius 2 is 1.69 bits per heavy atom. The third-order valence-electron chi connectivity index (χ3n) is 6.12. The van der Waals surface area contributed by atoms with Gasteiger partial charge < -0.3 is 10.0 Å². The molecule has 1 amide bonds. The number of hydrogen-bond acceptors (Lipinski definition) is 2. The molecule has 4 heteroatoms. The highest BCUT2D eigenvalue weighted by Crippen LogP contribution is 2.53. The van der Waals surface area contributed by atoms with Crippen LogP contribution in [-0.2, 0) is 4.79 Å². The van der Waals surface area contributed by atoms with Gasteiger partial charge >= 0.3 is 5.97 Å². The molecule has 1 saturated carbocycles. The van der Waals surface area contributed by atoms with E-state index in [9.17, 15) is 14.7 Å². The summed E-state index contributed by atoms with van der Waals surface area (Å²) < 4.78 is 0. The molecule has 0 aromatic heterocycles. The molecular formula is C22H23NO3. The lowest BCUT2D eigenvalue weighted by molar-refractivity contribution is -0.143. The van der Waals surface area contributed by atoms with Crippen molar-refractivity contribution in [2.24, 2.45) is 0 Å². The molecule has 1 aliphatic heterocycles. The average molecular weight is 349 g/mol. The van der Waals surface area contributed by atoms with Crippen molar-refractivity contribution in [3.8, 4) is 0 Å². The second kappa shape index (κ2) is 6.27. The number of benzene rings is 2. The minimum atomic E-state index is -0.836. The lowest BCUT2D eigenvalue weighted by atomic mass is 9.70. The van der Waals surface area contributed by atoms with Crippen molar-refractivity contribution in [3.63, 3.8) is 0 Å². The van der Waals surface area contributed by atoms with Gasteiger partial charge in [-0.3, -0.25) is 9.59 Å². The first kappa shape index (κ1) is 16.8. The van der Waals surface area contributed by atoms with Crippen molar-refractivity contribution in [1.29, 1.82) is 0 Å². The van der Waals surface area contributed by atoms with E-state index in [1.807, 2.05) is 60.4 Å². The number of aliphatic carboxylic acids is 1. The van der Waals surface area contributed by atoms with Crippen molar-refractivity contribution in [1.82, 2.24) is 4.90 Å². The summed E-state index contributed by atoms with van der Waals surface area (Å²) in [7, 11) is 0. The number of hydrogen-bond donors (Lipinski definition) is 1. The monoisotopic (exact) mass is 349 g/mol. The van der Waals surface area contributed by atoms with E-state index >= 15 is 0 Å². The van der Waals surface area contributed by atoms with Crippen LogP contribution in [0, 0.1) is 0 Å². The van der Waals surface area contributed by atoms with Crippen molar-refractivity contribution in [2.75, 3.05) is 0 Å². The van der Waals surface area contributed by atoms with E-state index in [4.69, 9.17) is 0 Å². The summed E-state index contributed by atoms with van der Waals surface area (Å²) in [5, 5.41) is 10.1. The number of nitrogens with zero attached hydrogens (tertiary/aromatic N) is 1. The van der Waals surface area contributed by atoms with Gasteiger partial charge in [0.25, 0.3) is 5.91 Å². The van der Waals surface area contributed by atoms with Gasteiger partial charge in [-0.1, -0.05) is 61.4 Å². The summed E-state index contributed by atoms with van der Waals surface area (Å²) in [6.07, 6.45) is 3.39. The predicted molar refractivity (Wildman–Crippen MR) is 99.0 cm³/mol. The zero-order valence-corrected chi connectivity index (χ0v) is 14.9. The van der Waals surface area contributed by atoms with Crippen molar-refractivity contribution >= 4 is 11.9 Å². The van der Waals surface area contributed by atoms with E-state index in [1.165, 1.54) is 0 Å². The summed E-state index contributed by atoms with van der Waals surface area (Å²) >= 11 is 0. The Kier molecular flexibility index (Phi) is 4.06. The second-order valence-corrected chi connectivity index (χ2v) is 7.43. The molecule has 4 nitrogen and oxygen atoms in total. The minimum absolute atomic E-state index is 0.0450. The molecule has 2 aromatic rings. The number of carboxylic acid groups (broad SMARTS) is 1. The van der Waals surface area contributed by atoms with Crippen LogP contribution in [-0.4, -0.2) is 27.4 Å². The SMILES string of the molecule is CC(c1ccccc1)N1C(=O)c2ccccc2C(C(=O)O)C12CCCC2. The standard InChI is InChI=1S/C22H23NO3/c1-15(16-9-3-2-4-10-16)23-20(24)18-12-6-5-11-17(18)19(21(25)26)22(23)13-7-8-14-22/h2-6,9-12,15,19H,7-8,13-14H2,1H3,(H,25,26). The van der Waals surface area contributed by atoms with Crippen LogP contribution in [0.2, 0.25) is 0 Å². The molecule has 2 unspecified atom stereocenters. The number of carbonyl (C=O) groups excluding carboxylic acids is 1. The van der Waals surface area contributed by atoms with Crippen LogP contribution in [0.5, 0.6) is 0 Å². The fraction of sp³-hybridized carbons (Fsp3) is 0.364. The van der Waals surface area contributed by atoms with Gasteiger partial charge in [-0.05, 0) is 37.0 Å². The normalized spacial score (nSPS) is 22.3. The number of fused-ring (bicyclic) bond motifs is 1. The fourth-order valence-corrected chi connectivity index (χ4v) is 5.03. The van der Waals surface area contributed by atoms with Gasteiger partial charge in [0.2, 0.25) is 0 Å². The Balaban J connectivity index is 1.92. The van der Waals surface area contributed by atoms with Crippen LogP contribution in [0.25, 0.3) is 0 Å². The topological polar surface area (TPSA) is 57.6 Å². The number of carbonyl (C=O) groups is 2. The second-order valence-electron chi connectivity index (χ2n) is 7.43. The summed E-state index contributed by atoms with van der Waals surface area (Å²) in [5.74, 6) is -1.56. The number of amides is 1. The van der Waals surface area contributed by atoms with E-state index < -0.39 is 17.4 Å². The molecule has 4 rings (SSSR count). The molecule has 1 fully saturated rings. The van der Waals surface area contributed by atoms with Crippen molar-refractivity contribution in [3.05, 3.63) is 71.3 Å². The van der Waals surface area contributed by atoms with Crippen molar-refractivity contribution in [2.45, 2.75) is 50.1 Å². The van der Waals surface area contributed by atoms with Crippen LogP contribution in [0.3, 0.4) is 0 Å². The molecule has 0 radical (unpaired) electrons. The molecule has 2 aliphatic rings. The van der Waals surface area contributed by atoms with Gasteiger partial charge in [0.05, 0.1) is 11.6 Å². The Hall–Kier alpha value is -2.62. The highest BCUT2D eigenvalue weighted by Gasteiger charge is 2.57. The largest absolute Gasteiger partial charge is 0.481 e. The van der Waals surface area contributed by atoms with E-state index in [0.717, 1.165) is 31.2 Å². The summed E-state index contributed by atoms with van der Waals surface area (Å²) in [4.78, 5) is 27.7. The van der Waals surface area contributed by atoms with Gasteiger partial charge in [-0.2, -0.15) is 0 Å². The molecule has 0 bridgehead atoms. The zero-order valence-electron chi connectivity index (χ0n) is 14.9. The third-order valence-corrected chi connectivity index (χ3v) is 6.12. The van der Waals surface area contributed by atoms with Crippen LogP contribution in [0.4, 0.5) is 0 Å². The van der Waals surface area contributed by atoms with E-state index in [1.54, 1.807) is 6.07 Å². The first-order valence-corrected chi connectivity index (χ1v) is 9.26. The van der Waals surface area contributed by atoms with Crippen LogP contribution < -0.4 is 0 Å². The maximum Gasteiger partial charge on any atom is 0.313 e. The fourth-order valence-electron chi connectivity index (χ4n) is 5.03. The van der Waals surface area contributed by atoms with E-state index in [2.05, 4.69) is 0 Å². The van der Waals surface area contributed by atoms with Gasteiger partial charge in [0.1, 0.15) is 5.92 Å². The average Bonchev–Trinajstić information content (AvgIpc) is 3.11. The van der Waals surface area contributed by atoms with Gasteiger partial charge in [-0.25, -0.2) is 0 Å². The molecule has 134 valence electrons. The first-order valence-electron chi connectivity index (χ1n) is 9.26. The number of carboxylic acids is 1. The smallest absolute Gasteiger partial charge is 0.313 e. The Morgan fingerprint density at radius 1 is 1.08 bits per heavy atom. The third kappa shape index (κ3) is 2.36. The maximum atomic E-state index is 13.5. The summed E-state index contributed by atoms with van der Waals surface area (Å²) in [5.41, 5.74) is 1.59. The molecule has 0 saturated heterocycles. The molecule has 26 heavy (non-hydrogen) atoms. The lowest BCUT2D eigenvalue weighted by Crippen LogP contribution is -2.59. The molecule has 2 aromatic carbocycles. The van der Waals surface area contributed by atoms with Crippen LogP contribution in [0.1, 0.15) is 66.1 Å². The quantitative estimate of drug-likeness (QED) is 0.894. The van der Waals surface area contributed by atoms with Gasteiger partial charge in [-0.15, -0.1) is 0 Å². The van der Waals surface area contributed by atoms with Crippen LogP contribution >= 0.6 is 0 Å². The minimum Gasteiger partial charge on any atom is -0.481 e. The van der Waals surface area contributed by atoms with E-state index in [-0.39, 0.29) is 11.9 Å². The molecule has 1 spiro atoms. The molecule has 2 atom stereocenters. The Labute approximate surface area is 153 Å². The highest BCUT2D eigenvalue weighted by molar-refractivity contribution is 6.01. The maximum absolute atomic E-state index is 13.5.